The normalized spacial score (nSPS) is 14.4. The van der Waals surface area contributed by atoms with Crippen molar-refractivity contribution in [2.45, 2.75) is 110 Å². The molecule has 0 amide bonds. The van der Waals surface area contributed by atoms with Crippen LogP contribution >= 0.6 is 0 Å². The lowest BCUT2D eigenvalue weighted by molar-refractivity contribution is 0.590. The molecule has 3 aliphatic rings. The molecular formula is C101H88N2. The van der Waals surface area contributed by atoms with Gasteiger partial charge in [0.2, 0.25) is 0 Å². The Morgan fingerprint density at radius 3 is 0.786 bits per heavy atom. The van der Waals surface area contributed by atoms with Crippen molar-refractivity contribution in [3.05, 3.63) is 358 Å². The van der Waals surface area contributed by atoms with Crippen LogP contribution in [0.2, 0.25) is 0 Å². The summed E-state index contributed by atoms with van der Waals surface area (Å²) in [4.78, 5) is 4.95. The minimum atomic E-state index is -0.238. The van der Waals surface area contributed by atoms with Gasteiger partial charge in [0.05, 0.1) is 11.4 Å². The fourth-order valence-electron chi connectivity index (χ4n) is 17.1. The molecule has 3 aliphatic carbocycles. The highest BCUT2D eigenvalue weighted by Crippen LogP contribution is 2.55. The van der Waals surface area contributed by atoms with E-state index in [1.165, 1.54) is 144 Å². The lowest BCUT2D eigenvalue weighted by Gasteiger charge is -2.30. The number of rotatable bonds is 12. The Morgan fingerprint density at radius 1 is 0.233 bits per heavy atom. The van der Waals surface area contributed by atoms with E-state index in [1.54, 1.807) is 0 Å². The van der Waals surface area contributed by atoms with Crippen molar-refractivity contribution >= 4 is 80.0 Å². The summed E-state index contributed by atoms with van der Waals surface area (Å²) in [6.07, 6.45) is 9.24. The summed E-state index contributed by atoms with van der Waals surface area (Å²) in [6, 6.07) is 110. The first-order valence-corrected chi connectivity index (χ1v) is 36.8. The predicted molar refractivity (Wildman–Crippen MR) is 443 cm³/mol. The molecule has 0 aliphatic heterocycles. The zero-order valence-electron chi connectivity index (χ0n) is 61.4. The van der Waals surface area contributed by atoms with Crippen molar-refractivity contribution in [1.29, 1.82) is 0 Å². The molecule has 0 N–H and O–H groups in total. The van der Waals surface area contributed by atoms with Crippen LogP contribution < -0.4 is 9.80 Å². The van der Waals surface area contributed by atoms with Crippen molar-refractivity contribution < 1.29 is 0 Å². The summed E-state index contributed by atoms with van der Waals surface area (Å²) in [5.74, 6) is 0. The van der Waals surface area contributed by atoms with Gasteiger partial charge in [0.1, 0.15) is 0 Å². The van der Waals surface area contributed by atoms with Crippen molar-refractivity contribution in [2.75, 3.05) is 9.80 Å². The van der Waals surface area contributed by atoms with E-state index in [-0.39, 0.29) is 27.1 Å². The summed E-state index contributed by atoms with van der Waals surface area (Å²) in [7, 11) is 0. The molecule has 2 heteroatoms. The van der Waals surface area contributed by atoms with Crippen molar-refractivity contribution in [3.8, 4) is 55.6 Å². The average molecular weight is 1330 g/mol. The van der Waals surface area contributed by atoms with Crippen LogP contribution in [0.1, 0.15) is 150 Å². The van der Waals surface area contributed by atoms with Gasteiger partial charge in [-0.25, -0.2) is 0 Å². The number of benzene rings is 14. The van der Waals surface area contributed by atoms with Gasteiger partial charge in [0, 0.05) is 49.8 Å². The standard InChI is InChI=1S/C101H88N2/c1-97(2,3)71-39-43-73(44-40-71)102(95-57-55-77(69-23-15-13-16-24-69)79-27-19-21-29-87(79)95)75-47-53-85-83-51-37-67(61-91(83)100(9,10)93(85)63-75)33-31-65-35-49-81-82-50-36-66(60-90(82)99(7,8)89(81)59-65)32-34-68-38-52-84-86-54-48-76(64-94(86)101(11,12)92(84)62-68)103(74-45-41-72(42-46-74)98(4,5)6)96-58-56-78(70-25-17-14-18-26-70)80-28-20-22-30-88(80)96/h13-64H,1-12H3/b33-31+,34-32+. The third kappa shape index (κ3) is 11.2. The Kier molecular flexibility index (Phi) is 15.4. The number of anilines is 6. The molecule has 0 fully saturated rings. The quantitative estimate of drug-likeness (QED) is 0.113. The van der Waals surface area contributed by atoms with Crippen molar-refractivity contribution in [3.63, 3.8) is 0 Å². The monoisotopic (exact) mass is 1330 g/mol. The third-order valence-corrected chi connectivity index (χ3v) is 23.0. The van der Waals surface area contributed by atoms with Gasteiger partial charge in [0.15, 0.2) is 0 Å². The molecule has 0 spiro atoms. The summed E-state index contributed by atoms with van der Waals surface area (Å²) >= 11 is 0. The Balaban J connectivity index is 0.623. The lowest BCUT2D eigenvalue weighted by Crippen LogP contribution is -2.17. The highest BCUT2D eigenvalue weighted by atomic mass is 15.1. The zero-order chi connectivity index (χ0) is 70.9. The predicted octanol–water partition coefficient (Wildman–Crippen LogP) is 28.1. The minimum Gasteiger partial charge on any atom is -0.310 e. The molecular weight excluding hydrogens is 1240 g/mol. The Labute approximate surface area is 609 Å². The highest BCUT2D eigenvalue weighted by Gasteiger charge is 2.39. The van der Waals surface area contributed by atoms with E-state index in [1.807, 2.05) is 0 Å². The summed E-state index contributed by atoms with van der Waals surface area (Å²) < 4.78 is 0. The van der Waals surface area contributed by atoms with Crippen LogP contribution in [0.4, 0.5) is 34.1 Å². The van der Waals surface area contributed by atoms with E-state index in [9.17, 15) is 0 Å². The van der Waals surface area contributed by atoms with Gasteiger partial charge < -0.3 is 9.80 Å². The van der Waals surface area contributed by atoms with E-state index in [0.717, 1.165) is 34.1 Å². The van der Waals surface area contributed by atoms with Gasteiger partial charge in [-0.2, -0.15) is 0 Å². The molecule has 0 bridgehead atoms. The second-order valence-electron chi connectivity index (χ2n) is 32.6. The molecule has 0 unspecified atom stereocenters. The van der Waals surface area contributed by atoms with Gasteiger partial charge >= 0.3 is 0 Å². The number of fused-ring (bicyclic) bond motifs is 11. The largest absolute Gasteiger partial charge is 0.310 e. The maximum absolute atomic E-state index is 2.48. The van der Waals surface area contributed by atoms with Crippen molar-refractivity contribution in [2.24, 2.45) is 0 Å². The number of hydrogen-bond donors (Lipinski definition) is 0. The Hall–Kier alpha value is -11.3. The van der Waals surface area contributed by atoms with Gasteiger partial charge in [0.25, 0.3) is 0 Å². The molecule has 14 aromatic rings. The van der Waals surface area contributed by atoms with Crippen LogP contribution in [0.3, 0.4) is 0 Å². The molecule has 0 aromatic heterocycles. The molecule has 0 radical (unpaired) electrons. The second-order valence-corrected chi connectivity index (χ2v) is 32.6. The number of nitrogens with zero attached hydrogens (tertiary/aromatic N) is 2. The maximum Gasteiger partial charge on any atom is 0.0540 e. The topological polar surface area (TPSA) is 6.48 Å². The zero-order valence-corrected chi connectivity index (χ0v) is 61.4. The van der Waals surface area contributed by atoms with Gasteiger partial charge in [-0.1, -0.05) is 338 Å². The Bertz CT molecular complexity index is 5410. The minimum absolute atomic E-state index is 0.0389. The molecule has 502 valence electrons. The first-order valence-electron chi connectivity index (χ1n) is 36.8. The van der Waals surface area contributed by atoms with Crippen LogP contribution in [-0.2, 0) is 27.1 Å². The number of hydrogen-bond acceptors (Lipinski definition) is 2. The molecule has 0 saturated heterocycles. The molecule has 0 atom stereocenters. The Morgan fingerprint density at radius 2 is 0.485 bits per heavy atom. The molecule has 0 heterocycles. The van der Waals surface area contributed by atoms with E-state index >= 15 is 0 Å². The summed E-state index contributed by atoms with van der Waals surface area (Å²) in [6.45, 7) is 28.1. The van der Waals surface area contributed by atoms with E-state index in [4.69, 9.17) is 0 Å². The highest BCUT2D eigenvalue weighted by molar-refractivity contribution is 6.08. The van der Waals surface area contributed by atoms with E-state index < -0.39 is 0 Å². The first-order chi connectivity index (χ1) is 49.6. The SMILES string of the molecule is CC(C)(C)c1ccc(N(c2ccc3c(c2)C(C)(C)c2cc(/C=C/c4ccc5c(c4)C(C)(C)c4cc(/C=C/c6ccc7c(c6)C(C)(C)c6cc(N(c8ccc(C(C)(C)C)cc8)c8ccc(-c9ccccc9)c9ccccc89)ccc6-7)ccc4-5)ccc2-3)c2ccc(-c3ccccc3)c3ccccc23)cc1. The van der Waals surface area contributed by atoms with Crippen molar-refractivity contribution in [1.82, 2.24) is 0 Å². The van der Waals surface area contributed by atoms with E-state index in [0.29, 0.717) is 0 Å². The van der Waals surface area contributed by atoms with Gasteiger partial charge in [-0.05, 0) is 205 Å². The molecule has 17 rings (SSSR count). The summed E-state index contributed by atoms with van der Waals surface area (Å²) in [5.41, 5.74) is 34.6. The molecule has 14 aromatic carbocycles. The second kappa shape index (κ2) is 24.5. The fourth-order valence-corrected chi connectivity index (χ4v) is 17.1. The van der Waals surface area contributed by atoms with Crippen LogP contribution in [0, 0.1) is 0 Å². The third-order valence-electron chi connectivity index (χ3n) is 23.0. The average Bonchev–Trinajstić information content (AvgIpc) is 1.62. The molecule has 2 nitrogen and oxygen atoms in total. The van der Waals surface area contributed by atoms with Crippen LogP contribution in [0.5, 0.6) is 0 Å². The maximum atomic E-state index is 2.48. The van der Waals surface area contributed by atoms with Crippen LogP contribution in [-0.4, -0.2) is 0 Å². The van der Waals surface area contributed by atoms with Gasteiger partial charge in [-0.3, -0.25) is 0 Å². The fraction of sp³-hybridized carbons (Fsp3) is 0.168. The van der Waals surface area contributed by atoms with Crippen LogP contribution in [0.25, 0.3) is 101 Å². The smallest absolute Gasteiger partial charge is 0.0540 e. The van der Waals surface area contributed by atoms with E-state index in [2.05, 4.69) is 408 Å². The first kappa shape index (κ1) is 65.0. The lowest BCUT2D eigenvalue weighted by atomic mass is 9.81. The summed E-state index contributed by atoms with van der Waals surface area (Å²) in [5, 5.41) is 4.91. The molecule has 103 heavy (non-hydrogen) atoms. The molecule has 0 saturated carbocycles. The van der Waals surface area contributed by atoms with Crippen LogP contribution in [0.15, 0.2) is 291 Å². The van der Waals surface area contributed by atoms with Gasteiger partial charge in [-0.15, -0.1) is 0 Å².